The van der Waals surface area contributed by atoms with E-state index in [1.54, 1.807) is 4.90 Å². The highest BCUT2D eigenvalue weighted by Gasteiger charge is 2.49. The zero-order chi connectivity index (χ0) is 24.4. The van der Waals surface area contributed by atoms with Crippen LogP contribution in [0.4, 0.5) is 8.78 Å². The fraction of sp³-hybridized carbons (Fsp3) is 0.583. The number of hydrogen-bond donors (Lipinski definition) is 3. The molecule has 1 aromatic carbocycles. The highest BCUT2D eigenvalue weighted by molar-refractivity contribution is 5.93. The van der Waals surface area contributed by atoms with Crippen molar-refractivity contribution >= 4 is 23.6 Å². The van der Waals surface area contributed by atoms with Crippen LogP contribution in [0.25, 0.3) is 0 Å². The van der Waals surface area contributed by atoms with Crippen LogP contribution in [0.2, 0.25) is 0 Å². The normalized spacial score (nSPS) is 26.8. The Bertz CT molecular complexity index is 967. The molecule has 10 heteroatoms. The molecule has 3 aliphatic rings. The van der Waals surface area contributed by atoms with E-state index in [0.29, 0.717) is 25.1 Å². The van der Waals surface area contributed by atoms with Gasteiger partial charge in [-0.15, -0.1) is 0 Å². The summed E-state index contributed by atoms with van der Waals surface area (Å²) < 4.78 is 27.0. The number of hydrogen-bond acceptors (Lipinski definition) is 4. The van der Waals surface area contributed by atoms with Crippen molar-refractivity contribution in [2.75, 3.05) is 13.1 Å². The Hall–Kier alpha value is -3.04. The van der Waals surface area contributed by atoms with Crippen LogP contribution in [0.3, 0.4) is 0 Å². The number of benzene rings is 1. The van der Waals surface area contributed by atoms with E-state index in [9.17, 15) is 28.0 Å². The molecule has 0 bridgehead atoms. The maximum atomic E-state index is 13.5. The summed E-state index contributed by atoms with van der Waals surface area (Å²) in [5, 5.41) is 5.41. The predicted octanol–water partition coefficient (Wildman–Crippen LogP) is 1.02. The summed E-state index contributed by atoms with van der Waals surface area (Å²) in [6, 6.07) is 1.42. The predicted molar refractivity (Wildman–Crippen MR) is 118 cm³/mol. The third-order valence-corrected chi connectivity index (χ3v) is 7.37. The number of fused-ring (bicyclic) bond motifs is 1. The molecule has 5 atom stereocenters. The van der Waals surface area contributed by atoms with Gasteiger partial charge in [0.1, 0.15) is 23.7 Å². The molecule has 0 aromatic heterocycles. The Morgan fingerprint density at radius 2 is 1.88 bits per heavy atom. The van der Waals surface area contributed by atoms with E-state index in [2.05, 4.69) is 10.6 Å². The molecular weight excluding hydrogens is 446 g/mol. The summed E-state index contributed by atoms with van der Waals surface area (Å²) in [5.41, 5.74) is 5.89. The zero-order valence-corrected chi connectivity index (χ0v) is 18.9. The lowest BCUT2D eigenvalue weighted by Gasteiger charge is -2.29. The Morgan fingerprint density at radius 3 is 2.53 bits per heavy atom. The molecule has 1 saturated carbocycles. The number of amides is 4. The number of nitrogens with zero attached hydrogens (tertiary/aromatic N) is 1. The second-order valence-electron chi connectivity index (χ2n) is 9.60. The van der Waals surface area contributed by atoms with Crippen molar-refractivity contribution in [2.24, 2.45) is 23.5 Å². The third-order valence-electron chi connectivity index (χ3n) is 7.37. The SMILES string of the molecule is NC(=O)[C@H](C[C@@H]1CCNC1=O)NC(=O)[C@@H]1[C@H]2CCC[C@H]2CN1C(=O)CCc1cc(F)cc(F)c1. The average Bonchev–Trinajstić information content (AvgIpc) is 3.47. The second kappa shape index (κ2) is 10.1. The summed E-state index contributed by atoms with van der Waals surface area (Å²) in [6.07, 6.45) is 3.51. The van der Waals surface area contributed by atoms with Gasteiger partial charge >= 0.3 is 0 Å². The molecule has 2 saturated heterocycles. The lowest BCUT2D eigenvalue weighted by atomic mass is 9.92. The standard InChI is InChI=1S/C24H30F2N4O4/c25-16-8-13(9-17(26)11-16)4-5-20(31)30-12-15-2-1-3-18(15)21(30)24(34)29-19(22(27)32)10-14-6-7-28-23(14)33/h8-9,11,14-15,18-19,21H,1-7,10,12H2,(H2,27,32)(H,28,33)(H,29,34)/t14-,15-,18-,19-,21-/m0/s1. The Morgan fingerprint density at radius 1 is 1.15 bits per heavy atom. The van der Waals surface area contributed by atoms with Crippen LogP contribution in [0.5, 0.6) is 0 Å². The minimum atomic E-state index is -1.01. The molecule has 8 nitrogen and oxygen atoms in total. The molecule has 34 heavy (non-hydrogen) atoms. The number of primary amides is 1. The van der Waals surface area contributed by atoms with E-state index < -0.39 is 41.5 Å². The van der Waals surface area contributed by atoms with Gasteiger partial charge < -0.3 is 21.3 Å². The molecule has 184 valence electrons. The first-order chi connectivity index (χ1) is 16.2. The molecule has 0 radical (unpaired) electrons. The molecule has 4 rings (SSSR count). The van der Waals surface area contributed by atoms with Crippen LogP contribution >= 0.6 is 0 Å². The van der Waals surface area contributed by atoms with E-state index in [1.165, 1.54) is 12.1 Å². The first kappa shape index (κ1) is 24.1. The van der Waals surface area contributed by atoms with E-state index in [-0.39, 0.29) is 42.9 Å². The molecule has 1 aromatic rings. The van der Waals surface area contributed by atoms with Crippen molar-refractivity contribution < 1.29 is 28.0 Å². The van der Waals surface area contributed by atoms with Crippen molar-refractivity contribution in [3.8, 4) is 0 Å². The van der Waals surface area contributed by atoms with E-state index >= 15 is 0 Å². The largest absolute Gasteiger partial charge is 0.368 e. The fourth-order valence-electron chi connectivity index (χ4n) is 5.71. The summed E-state index contributed by atoms with van der Waals surface area (Å²) in [4.78, 5) is 51.9. The lowest BCUT2D eigenvalue weighted by molar-refractivity contribution is -0.140. The number of rotatable bonds is 8. The fourth-order valence-corrected chi connectivity index (χ4v) is 5.71. The van der Waals surface area contributed by atoms with E-state index in [1.807, 2.05) is 0 Å². The van der Waals surface area contributed by atoms with Gasteiger partial charge in [-0.25, -0.2) is 8.78 Å². The number of aryl methyl sites for hydroxylation is 1. The van der Waals surface area contributed by atoms with E-state index in [4.69, 9.17) is 5.73 Å². The summed E-state index contributed by atoms with van der Waals surface area (Å²) >= 11 is 0. The van der Waals surface area contributed by atoms with Crippen LogP contribution < -0.4 is 16.4 Å². The molecule has 0 unspecified atom stereocenters. The van der Waals surface area contributed by atoms with Crippen LogP contribution in [-0.4, -0.2) is 53.7 Å². The molecule has 3 fully saturated rings. The van der Waals surface area contributed by atoms with Crippen LogP contribution in [0.1, 0.15) is 44.1 Å². The van der Waals surface area contributed by atoms with Gasteiger partial charge in [-0.05, 0) is 61.6 Å². The molecule has 4 N–H and O–H groups in total. The Labute approximate surface area is 196 Å². The van der Waals surface area contributed by atoms with Crippen LogP contribution in [-0.2, 0) is 25.6 Å². The average molecular weight is 477 g/mol. The highest BCUT2D eigenvalue weighted by atomic mass is 19.1. The maximum Gasteiger partial charge on any atom is 0.243 e. The van der Waals surface area contributed by atoms with Crippen LogP contribution in [0, 0.1) is 29.4 Å². The first-order valence-electron chi connectivity index (χ1n) is 11.8. The Balaban J connectivity index is 1.44. The van der Waals surface area contributed by atoms with E-state index in [0.717, 1.165) is 25.3 Å². The van der Waals surface area contributed by atoms with Crippen molar-refractivity contribution in [1.29, 1.82) is 0 Å². The van der Waals surface area contributed by atoms with Gasteiger partial charge in [0.05, 0.1) is 0 Å². The van der Waals surface area contributed by atoms with Crippen LogP contribution in [0.15, 0.2) is 18.2 Å². The van der Waals surface area contributed by atoms with Gasteiger partial charge in [-0.2, -0.15) is 0 Å². The third kappa shape index (κ3) is 5.20. The number of carbonyl (C=O) groups is 4. The van der Waals surface area contributed by atoms with Crippen molar-refractivity contribution in [1.82, 2.24) is 15.5 Å². The minimum Gasteiger partial charge on any atom is -0.368 e. The molecule has 0 spiro atoms. The quantitative estimate of drug-likeness (QED) is 0.519. The maximum absolute atomic E-state index is 13.5. The van der Waals surface area contributed by atoms with Crippen molar-refractivity contribution in [3.63, 3.8) is 0 Å². The zero-order valence-electron chi connectivity index (χ0n) is 18.9. The number of halogens is 2. The summed E-state index contributed by atoms with van der Waals surface area (Å²) in [6.45, 7) is 0.957. The number of nitrogens with two attached hydrogens (primary N) is 1. The number of likely N-dealkylation sites (tertiary alicyclic amines) is 1. The monoisotopic (exact) mass is 476 g/mol. The molecule has 1 aliphatic carbocycles. The molecule has 2 heterocycles. The van der Waals surface area contributed by atoms with Crippen molar-refractivity contribution in [3.05, 3.63) is 35.4 Å². The van der Waals surface area contributed by atoms with Gasteiger partial charge in [0.25, 0.3) is 0 Å². The van der Waals surface area contributed by atoms with Gasteiger partial charge in [0, 0.05) is 31.5 Å². The molecule has 4 amide bonds. The topological polar surface area (TPSA) is 122 Å². The lowest BCUT2D eigenvalue weighted by Crippen LogP contribution is -2.54. The molecule has 2 aliphatic heterocycles. The second-order valence-corrected chi connectivity index (χ2v) is 9.60. The summed E-state index contributed by atoms with van der Waals surface area (Å²) in [5.74, 6) is -3.23. The number of nitrogens with one attached hydrogen (secondary N) is 2. The van der Waals surface area contributed by atoms with Gasteiger partial charge in [0.15, 0.2) is 0 Å². The van der Waals surface area contributed by atoms with Crippen molar-refractivity contribution in [2.45, 2.75) is 57.0 Å². The Kier molecular flexibility index (Phi) is 7.13. The minimum absolute atomic E-state index is 0.00755. The summed E-state index contributed by atoms with van der Waals surface area (Å²) in [7, 11) is 0. The highest BCUT2D eigenvalue weighted by Crippen LogP contribution is 2.42. The van der Waals surface area contributed by atoms with Gasteiger partial charge in [-0.1, -0.05) is 6.42 Å². The van der Waals surface area contributed by atoms with Gasteiger partial charge in [-0.3, -0.25) is 19.2 Å². The first-order valence-corrected chi connectivity index (χ1v) is 11.8. The smallest absolute Gasteiger partial charge is 0.243 e. The van der Waals surface area contributed by atoms with Gasteiger partial charge in [0.2, 0.25) is 23.6 Å². The number of carbonyl (C=O) groups excluding carboxylic acids is 4. The molecular formula is C24H30F2N4O4.